The van der Waals surface area contributed by atoms with Crippen molar-refractivity contribution in [3.05, 3.63) is 36.5 Å². The zero-order valence-electron chi connectivity index (χ0n) is 16.9. The first-order chi connectivity index (χ1) is 14.7. The fourth-order valence-corrected chi connectivity index (χ4v) is 4.29. The number of amides is 1. The second-order valence-electron chi connectivity index (χ2n) is 8.47. The number of hydrazine groups is 1. The van der Waals surface area contributed by atoms with Gasteiger partial charge in [-0.1, -0.05) is 12.1 Å². The van der Waals surface area contributed by atoms with Gasteiger partial charge in [-0.3, -0.25) is 15.6 Å². The van der Waals surface area contributed by atoms with E-state index < -0.39 is 0 Å². The SMILES string of the molecule is O=C(COc1cccc(-c2nccc(NC3CCC4NNCC4C3)n2)c1)NC1CC1. The fourth-order valence-electron chi connectivity index (χ4n) is 4.29. The molecule has 0 spiro atoms. The van der Waals surface area contributed by atoms with Gasteiger partial charge in [0.05, 0.1) is 0 Å². The van der Waals surface area contributed by atoms with Gasteiger partial charge in [0.25, 0.3) is 5.91 Å². The number of benzene rings is 1. The predicted octanol–water partition coefficient (Wildman–Crippen LogP) is 1.86. The van der Waals surface area contributed by atoms with Gasteiger partial charge in [0.15, 0.2) is 12.4 Å². The number of aromatic nitrogens is 2. The smallest absolute Gasteiger partial charge is 0.258 e. The number of carbonyl (C=O) groups is 1. The van der Waals surface area contributed by atoms with Crippen LogP contribution in [0.4, 0.5) is 5.82 Å². The zero-order valence-corrected chi connectivity index (χ0v) is 16.9. The lowest BCUT2D eigenvalue weighted by Gasteiger charge is -2.31. The third-order valence-corrected chi connectivity index (χ3v) is 6.05. The molecule has 1 aliphatic heterocycles. The molecule has 2 aliphatic carbocycles. The van der Waals surface area contributed by atoms with Crippen molar-refractivity contribution in [2.24, 2.45) is 5.92 Å². The Bertz CT molecular complexity index is 903. The Hall–Kier alpha value is -2.71. The third-order valence-electron chi connectivity index (χ3n) is 6.05. The van der Waals surface area contributed by atoms with Crippen LogP contribution in [0.15, 0.2) is 36.5 Å². The Morgan fingerprint density at radius 2 is 2.07 bits per heavy atom. The molecule has 158 valence electrons. The molecule has 2 saturated carbocycles. The number of nitrogens with zero attached hydrogens (tertiary/aromatic N) is 2. The van der Waals surface area contributed by atoms with E-state index in [9.17, 15) is 4.79 Å². The first-order valence-electron chi connectivity index (χ1n) is 10.8. The Balaban J connectivity index is 1.21. The van der Waals surface area contributed by atoms with Crippen molar-refractivity contribution >= 4 is 11.7 Å². The maximum absolute atomic E-state index is 11.8. The van der Waals surface area contributed by atoms with Crippen LogP contribution >= 0.6 is 0 Å². The molecule has 1 aromatic carbocycles. The highest BCUT2D eigenvalue weighted by Gasteiger charge is 2.33. The Kier molecular flexibility index (Phi) is 5.50. The van der Waals surface area contributed by atoms with Crippen molar-refractivity contribution in [2.75, 3.05) is 18.5 Å². The van der Waals surface area contributed by atoms with Gasteiger partial charge in [-0.05, 0) is 56.2 Å². The van der Waals surface area contributed by atoms with Crippen LogP contribution in [-0.4, -0.2) is 47.2 Å². The number of anilines is 1. The van der Waals surface area contributed by atoms with Gasteiger partial charge in [0, 0.05) is 36.4 Å². The summed E-state index contributed by atoms with van der Waals surface area (Å²) in [4.78, 5) is 21.0. The molecule has 8 heteroatoms. The molecule has 8 nitrogen and oxygen atoms in total. The molecule has 3 atom stereocenters. The van der Waals surface area contributed by atoms with E-state index in [-0.39, 0.29) is 12.5 Å². The summed E-state index contributed by atoms with van der Waals surface area (Å²) in [6, 6.07) is 10.9. The number of nitrogens with one attached hydrogen (secondary N) is 4. The van der Waals surface area contributed by atoms with Gasteiger partial charge in [0.1, 0.15) is 11.6 Å². The number of carbonyl (C=O) groups excluding carboxylic acids is 1. The lowest BCUT2D eigenvalue weighted by Crippen LogP contribution is -2.39. The number of hydrogen-bond donors (Lipinski definition) is 4. The van der Waals surface area contributed by atoms with Gasteiger partial charge in [-0.25, -0.2) is 9.97 Å². The summed E-state index contributed by atoms with van der Waals surface area (Å²) in [5.74, 6) is 2.72. The molecule has 0 bridgehead atoms. The second-order valence-corrected chi connectivity index (χ2v) is 8.47. The van der Waals surface area contributed by atoms with E-state index in [1.54, 1.807) is 6.20 Å². The Labute approximate surface area is 176 Å². The third kappa shape index (κ3) is 4.71. The number of ether oxygens (including phenoxy) is 1. The van der Waals surface area contributed by atoms with E-state index in [4.69, 9.17) is 9.72 Å². The normalized spacial score (nSPS) is 25.4. The second kappa shape index (κ2) is 8.57. The average molecular weight is 409 g/mol. The van der Waals surface area contributed by atoms with Crippen molar-refractivity contribution in [2.45, 2.75) is 50.2 Å². The molecule has 3 aliphatic rings. The molecule has 30 heavy (non-hydrogen) atoms. The maximum Gasteiger partial charge on any atom is 0.258 e. The summed E-state index contributed by atoms with van der Waals surface area (Å²) in [6.45, 7) is 1.05. The van der Waals surface area contributed by atoms with E-state index >= 15 is 0 Å². The van der Waals surface area contributed by atoms with Crippen LogP contribution in [0, 0.1) is 5.92 Å². The summed E-state index contributed by atoms with van der Waals surface area (Å²) in [7, 11) is 0. The predicted molar refractivity (Wildman–Crippen MR) is 114 cm³/mol. The quantitative estimate of drug-likeness (QED) is 0.555. The summed E-state index contributed by atoms with van der Waals surface area (Å²) in [5, 5.41) is 6.52. The van der Waals surface area contributed by atoms with Gasteiger partial charge in [0.2, 0.25) is 0 Å². The van der Waals surface area contributed by atoms with E-state index in [1.165, 1.54) is 6.42 Å². The number of hydrogen-bond acceptors (Lipinski definition) is 7. The van der Waals surface area contributed by atoms with Crippen LogP contribution < -0.4 is 26.2 Å². The molecular weight excluding hydrogens is 380 g/mol. The monoisotopic (exact) mass is 408 g/mol. The molecule has 2 heterocycles. The molecule has 5 rings (SSSR count). The van der Waals surface area contributed by atoms with Gasteiger partial charge in [-0.15, -0.1) is 0 Å². The average Bonchev–Trinajstić information content (AvgIpc) is 3.46. The van der Waals surface area contributed by atoms with Gasteiger partial charge < -0.3 is 15.4 Å². The summed E-state index contributed by atoms with van der Waals surface area (Å²) >= 11 is 0. The molecule has 1 amide bonds. The molecular formula is C22H28N6O2. The maximum atomic E-state index is 11.8. The highest BCUT2D eigenvalue weighted by atomic mass is 16.5. The lowest BCUT2D eigenvalue weighted by molar-refractivity contribution is -0.123. The van der Waals surface area contributed by atoms with Crippen LogP contribution in [0.25, 0.3) is 11.4 Å². The minimum Gasteiger partial charge on any atom is -0.484 e. The molecule has 3 fully saturated rings. The van der Waals surface area contributed by atoms with E-state index in [0.29, 0.717) is 35.6 Å². The topological polar surface area (TPSA) is 100 Å². The highest BCUT2D eigenvalue weighted by Crippen LogP contribution is 2.29. The van der Waals surface area contributed by atoms with E-state index in [1.807, 2.05) is 30.3 Å². The molecule has 3 unspecified atom stereocenters. The first kappa shape index (κ1) is 19.3. The summed E-state index contributed by atoms with van der Waals surface area (Å²) in [6.07, 6.45) is 7.35. The van der Waals surface area contributed by atoms with Crippen molar-refractivity contribution in [1.29, 1.82) is 0 Å². The fraction of sp³-hybridized carbons (Fsp3) is 0.500. The standard InChI is InChI=1S/C22H28N6O2/c29-21(26-16-4-5-16)13-30-18-3-1-2-14(11-18)22-23-9-8-20(27-22)25-17-6-7-19-15(10-17)12-24-28-19/h1-3,8-9,11,15-17,19,24,28H,4-7,10,12-13H2,(H,26,29)(H,23,25,27). The van der Waals surface area contributed by atoms with E-state index in [0.717, 1.165) is 43.6 Å². The van der Waals surface area contributed by atoms with Crippen LogP contribution in [-0.2, 0) is 4.79 Å². The van der Waals surface area contributed by atoms with Crippen molar-refractivity contribution in [1.82, 2.24) is 26.1 Å². The van der Waals surface area contributed by atoms with Crippen molar-refractivity contribution in [3.63, 3.8) is 0 Å². The molecule has 4 N–H and O–H groups in total. The zero-order chi connectivity index (χ0) is 20.3. The highest BCUT2D eigenvalue weighted by molar-refractivity contribution is 5.78. The Morgan fingerprint density at radius 3 is 2.97 bits per heavy atom. The minimum absolute atomic E-state index is 0.0238. The molecule has 2 aromatic rings. The van der Waals surface area contributed by atoms with Gasteiger partial charge >= 0.3 is 0 Å². The number of rotatable bonds is 7. The Morgan fingerprint density at radius 1 is 1.17 bits per heavy atom. The van der Waals surface area contributed by atoms with Crippen LogP contribution in [0.2, 0.25) is 0 Å². The van der Waals surface area contributed by atoms with Crippen molar-refractivity contribution in [3.8, 4) is 17.1 Å². The van der Waals surface area contributed by atoms with Crippen LogP contribution in [0.1, 0.15) is 32.1 Å². The summed E-state index contributed by atoms with van der Waals surface area (Å²) in [5.41, 5.74) is 7.51. The number of fused-ring (bicyclic) bond motifs is 1. The van der Waals surface area contributed by atoms with Crippen molar-refractivity contribution < 1.29 is 9.53 Å². The molecule has 1 aromatic heterocycles. The molecule has 0 radical (unpaired) electrons. The largest absolute Gasteiger partial charge is 0.484 e. The van der Waals surface area contributed by atoms with E-state index in [2.05, 4.69) is 26.5 Å². The summed E-state index contributed by atoms with van der Waals surface area (Å²) < 4.78 is 5.66. The lowest BCUT2D eigenvalue weighted by atomic mass is 9.83. The van der Waals surface area contributed by atoms with Crippen LogP contribution in [0.3, 0.4) is 0 Å². The minimum atomic E-state index is -0.0762. The van der Waals surface area contributed by atoms with Crippen LogP contribution in [0.5, 0.6) is 5.75 Å². The first-order valence-corrected chi connectivity index (χ1v) is 10.8. The molecule has 1 saturated heterocycles. The van der Waals surface area contributed by atoms with Gasteiger partial charge in [-0.2, -0.15) is 0 Å².